The fourth-order valence-corrected chi connectivity index (χ4v) is 1.70. The highest BCUT2D eigenvalue weighted by molar-refractivity contribution is 5.87. The molecule has 1 aromatic carbocycles. The number of carboxylic acids is 1. The average Bonchev–Trinajstić information content (AvgIpc) is 2.53. The minimum absolute atomic E-state index is 0.0179. The molecule has 1 aromatic rings. The Kier molecular flexibility index (Phi) is 6.62. The number of aliphatic carboxylic acids is 1. The van der Waals surface area contributed by atoms with Crippen LogP contribution in [-0.2, 0) is 25.7 Å². The molecule has 118 valence electrons. The Morgan fingerprint density at radius 3 is 2.45 bits per heavy atom. The number of alkyl carbamates (subject to hydrolysis) is 1. The molecule has 0 aliphatic heterocycles. The molecule has 0 heterocycles. The maximum Gasteiger partial charge on any atom is 0.408 e. The van der Waals surface area contributed by atoms with Crippen LogP contribution in [0.25, 0.3) is 0 Å². The van der Waals surface area contributed by atoms with E-state index in [0.717, 1.165) is 18.7 Å². The van der Waals surface area contributed by atoms with Crippen molar-refractivity contribution in [3.8, 4) is 0 Å². The molecule has 0 bridgehead atoms. The molecule has 0 spiro atoms. The zero-order chi connectivity index (χ0) is 16.5. The molecule has 0 fully saturated rings. The van der Waals surface area contributed by atoms with Crippen molar-refractivity contribution in [3.63, 3.8) is 0 Å². The van der Waals surface area contributed by atoms with E-state index in [2.05, 4.69) is 16.6 Å². The number of hydrogen-bond donors (Lipinski definition) is 2. The summed E-state index contributed by atoms with van der Waals surface area (Å²) in [5, 5.41) is 11.2. The molecule has 0 saturated carbocycles. The maximum absolute atomic E-state index is 11.7. The molecular weight excluding hydrogens is 290 g/mol. The SMILES string of the molecule is C=C[C@@H](C(=O)OC)[C@@H](NC(=O)OCc1ccccc1)C(=O)O. The van der Waals surface area contributed by atoms with Crippen LogP contribution in [0.1, 0.15) is 5.56 Å². The summed E-state index contributed by atoms with van der Waals surface area (Å²) >= 11 is 0. The number of methoxy groups -OCH3 is 1. The minimum Gasteiger partial charge on any atom is -0.480 e. The Labute approximate surface area is 127 Å². The van der Waals surface area contributed by atoms with E-state index in [4.69, 9.17) is 9.84 Å². The van der Waals surface area contributed by atoms with Gasteiger partial charge in [-0.3, -0.25) is 4.79 Å². The van der Waals surface area contributed by atoms with E-state index >= 15 is 0 Å². The Hall–Kier alpha value is -2.83. The van der Waals surface area contributed by atoms with Gasteiger partial charge in [0, 0.05) is 0 Å². The number of nitrogens with one attached hydrogen (secondary N) is 1. The summed E-state index contributed by atoms with van der Waals surface area (Å²) in [6.07, 6.45) is 0.147. The van der Waals surface area contributed by atoms with E-state index in [-0.39, 0.29) is 6.61 Å². The van der Waals surface area contributed by atoms with Crippen LogP contribution in [0.5, 0.6) is 0 Å². The molecule has 2 atom stereocenters. The number of amides is 1. The Bertz CT molecular complexity index is 542. The van der Waals surface area contributed by atoms with Crippen LogP contribution >= 0.6 is 0 Å². The van der Waals surface area contributed by atoms with Crippen LogP contribution in [0.15, 0.2) is 43.0 Å². The first-order valence-corrected chi connectivity index (χ1v) is 6.40. The number of rotatable bonds is 7. The zero-order valence-corrected chi connectivity index (χ0v) is 12.0. The van der Waals surface area contributed by atoms with Crippen molar-refractivity contribution in [2.75, 3.05) is 7.11 Å². The van der Waals surface area contributed by atoms with Gasteiger partial charge in [-0.15, -0.1) is 6.58 Å². The number of carbonyl (C=O) groups excluding carboxylic acids is 2. The van der Waals surface area contributed by atoms with Crippen molar-refractivity contribution in [2.45, 2.75) is 12.6 Å². The molecule has 0 aromatic heterocycles. The summed E-state index contributed by atoms with van der Waals surface area (Å²) in [7, 11) is 1.12. The summed E-state index contributed by atoms with van der Waals surface area (Å²) in [6, 6.07) is 7.36. The molecule has 0 aliphatic rings. The van der Waals surface area contributed by atoms with Crippen LogP contribution in [0.2, 0.25) is 0 Å². The third kappa shape index (κ3) is 4.93. The number of carbonyl (C=O) groups is 3. The van der Waals surface area contributed by atoms with E-state index in [1.54, 1.807) is 24.3 Å². The van der Waals surface area contributed by atoms with E-state index in [1.165, 1.54) is 0 Å². The fraction of sp³-hybridized carbons (Fsp3) is 0.267. The second-order valence-corrected chi connectivity index (χ2v) is 4.31. The van der Waals surface area contributed by atoms with Gasteiger partial charge in [0.2, 0.25) is 0 Å². The van der Waals surface area contributed by atoms with Gasteiger partial charge in [-0.25, -0.2) is 9.59 Å². The molecule has 1 rings (SSSR count). The first-order valence-electron chi connectivity index (χ1n) is 6.40. The zero-order valence-electron chi connectivity index (χ0n) is 12.0. The Morgan fingerprint density at radius 1 is 1.32 bits per heavy atom. The standard InChI is InChI=1S/C15H17NO6/c1-3-11(14(19)21-2)12(13(17)18)16-15(20)22-9-10-7-5-4-6-8-10/h3-8,11-12H,1,9H2,2H3,(H,16,20)(H,17,18)/t11-,12-/m1/s1. The van der Waals surface area contributed by atoms with Crippen LogP contribution in [0, 0.1) is 5.92 Å². The fourth-order valence-electron chi connectivity index (χ4n) is 1.70. The summed E-state index contributed by atoms with van der Waals surface area (Å²) in [4.78, 5) is 34.4. The predicted molar refractivity (Wildman–Crippen MR) is 76.9 cm³/mol. The van der Waals surface area contributed by atoms with Gasteiger partial charge in [0.15, 0.2) is 0 Å². The molecule has 0 unspecified atom stereocenters. The van der Waals surface area contributed by atoms with Crippen molar-refractivity contribution < 1.29 is 29.0 Å². The monoisotopic (exact) mass is 307 g/mol. The normalized spacial score (nSPS) is 12.6. The number of hydrogen-bond acceptors (Lipinski definition) is 5. The number of esters is 1. The van der Waals surface area contributed by atoms with Crippen molar-refractivity contribution in [2.24, 2.45) is 5.92 Å². The summed E-state index contributed by atoms with van der Waals surface area (Å²) < 4.78 is 9.40. The lowest BCUT2D eigenvalue weighted by Crippen LogP contribution is -2.48. The van der Waals surface area contributed by atoms with Crippen LogP contribution in [-0.4, -0.2) is 36.3 Å². The molecule has 0 radical (unpaired) electrons. The van der Waals surface area contributed by atoms with Gasteiger partial charge in [-0.1, -0.05) is 36.4 Å². The molecule has 7 nitrogen and oxygen atoms in total. The maximum atomic E-state index is 11.7. The van der Waals surface area contributed by atoms with Crippen molar-refractivity contribution in [1.82, 2.24) is 5.32 Å². The summed E-state index contributed by atoms with van der Waals surface area (Å²) in [6.45, 7) is 3.36. The predicted octanol–water partition coefficient (Wildman–Crippen LogP) is 1.34. The summed E-state index contributed by atoms with van der Waals surface area (Å²) in [5.41, 5.74) is 0.748. The quantitative estimate of drug-likeness (QED) is 0.582. The van der Waals surface area contributed by atoms with Crippen LogP contribution < -0.4 is 5.32 Å². The smallest absolute Gasteiger partial charge is 0.408 e. The lowest BCUT2D eigenvalue weighted by molar-refractivity contribution is -0.151. The molecular formula is C15H17NO6. The Morgan fingerprint density at radius 2 is 1.95 bits per heavy atom. The van der Waals surface area contributed by atoms with Crippen molar-refractivity contribution in [1.29, 1.82) is 0 Å². The highest BCUT2D eigenvalue weighted by Gasteiger charge is 2.34. The van der Waals surface area contributed by atoms with E-state index in [1.807, 2.05) is 6.07 Å². The molecule has 1 amide bonds. The second kappa shape index (κ2) is 8.46. The molecule has 0 saturated heterocycles. The topological polar surface area (TPSA) is 102 Å². The third-order valence-corrected chi connectivity index (χ3v) is 2.84. The highest BCUT2D eigenvalue weighted by Crippen LogP contribution is 2.09. The molecule has 7 heteroatoms. The third-order valence-electron chi connectivity index (χ3n) is 2.84. The molecule has 0 aliphatic carbocycles. The van der Waals surface area contributed by atoms with Gasteiger partial charge in [0.25, 0.3) is 0 Å². The van der Waals surface area contributed by atoms with Gasteiger partial charge >= 0.3 is 18.0 Å². The van der Waals surface area contributed by atoms with Crippen LogP contribution in [0.3, 0.4) is 0 Å². The van der Waals surface area contributed by atoms with Crippen molar-refractivity contribution >= 4 is 18.0 Å². The lowest BCUT2D eigenvalue weighted by Gasteiger charge is -2.19. The van der Waals surface area contributed by atoms with Crippen LogP contribution in [0.4, 0.5) is 4.79 Å². The van der Waals surface area contributed by atoms with Gasteiger partial charge in [-0.05, 0) is 5.56 Å². The largest absolute Gasteiger partial charge is 0.480 e. The average molecular weight is 307 g/mol. The highest BCUT2D eigenvalue weighted by atomic mass is 16.5. The number of ether oxygens (including phenoxy) is 2. The van der Waals surface area contributed by atoms with Crippen molar-refractivity contribution in [3.05, 3.63) is 48.6 Å². The van der Waals surface area contributed by atoms with Gasteiger partial charge < -0.3 is 19.9 Å². The van der Waals surface area contributed by atoms with E-state index in [9.17, 15) is 14.4 Å². The Balaban J connectivity index is 2.66. The second-order valence-electron chi connectivity index (χ2n) is 4.31. The first kappa shape index (κ1) is 17.2. The number of carboxylic acid groups (broad SMARTS) is 1. The van der Waals surface area contributed by atoms with E-state index < -0.39 is 30.0 Å². The number of benzene rings is 1. The van der Waals surface area contributed by atoms with Gasteiger partial charge in [0.1, 0.15) is 18.6 Å². The van der Waals surface area contributed by atoms with Gasteiger partial charge in [0.05, 0.1) is 7.11 Å². The molecule has 22 heavy (non-hydrogen) atoms. The lowest BCUT2D eigenvalue weighted by atomic mass is 10.0. The molecule has 2 N–H and O–H groups in total. The van der Waals surface area contributed by atoms with E-state index in [0.29, 0.717) is 0 Å². The van der Waals surface area contributed by atoms with Gasteiger partial charge in [-0.2, -0.15) is 0 Å². The first-order chi connectivity index (χ1) is 10.5. The summed E-state index contributed by atoms with van der Waals surface area (Å²) in [5.74, 6) is -3.43. The minimum atomic E-state index is -1.52.